The summed E-state index contributed by atoms with van der Waals surface area (Å²) in [4.78, 5) is 27.7. The molecule has 1 aromatic carbocycles. The molecule has 0 saturated heterocycles. The molecule has 3 aromatic rings. The Morgan fingerprint density at radius 1 is 1.30 bits per heavy atom. The van der Waals surface area contributed by atoms with Gasteiger partial charge >= 0.3 is 12.0 Å². The summed E-state index contributed by atoms with van der Waals surface area (Å²) in [6.45, 7) is 1.08. The van der Waals surface area contributed by atoms with E-state index in [0.717, 1.165) is 11.5 Å². The van der Waals surface area contributed by atoms with E-state index in [0.29, 0.717) is 35.1 Å². The average molecular weight is 470 g/mol. The lowest BCUT2D eigenvalue weighted by atomic mass is 10.2. The normalized spacial score (nSPS) is 10.6. The van der Waals surface area contributed by atoms with E-state index in [4.69, 9.17) is 27.9 Å². The van der Waals surface area contributed by atoms with Gasteiger partial charge in [0.2, 0.25) is 5.88 Å². The lowest BCUT2D eigenvalue weighted by Crippen LogP contribution is -2.30. The first-order valence-electron chi connectivity index (χ1n) is 8.75. The van der Waals surface area contributed by atoms with Gasteiger partial charge in [-0.3, -0.25) is 5.32 Å². The number of anilines is 1. The van der Waals surface area contributed by atoms with Crippen LogP contribution in [0.5, 0.6) is 5.88 Å². The van der Waals surface area contributed by atoms with Crippen molar-refractivity contribution in [2.24, 2.45) is 0 Å². The highest BCUT2D eigenvalue weighted by molar-refractivity contribution is 7.11. The summed E-state index contributed by atoms with van der Waals surface area (Å²) in [5, 5.41) is 15.4. The van der Waals surface area contributed by atoms with Crippen LogP contribution in [0.3, 0.4) is 0 Å². The molecule has 0 atom stereocenters. The zero-order valence-electron chi connectivity index (χ0n) is 15.5. The highest BCUT2D eigenvalue weighted by atomic mass is 35.5. The van der Waals surface area contributed by atoms with Crippen molar-refractivity contribution >= 4 is 51.7 Å². The van der Waals surface area contributed by atoms with Crippen LogP contribution in [0.4, 0.5) is 9.80 Å². The Morgan fingerprint density at radius 3 is 2.87 bits per heavy atom. The molecule has 2 amide bonds. The van der Waals surface area contributed by atoms with Crippen LogP contribution in [-0.2, 0) is 13.2 Å². The molecule has 0 saturated carbocycles. The number of carbonyl (C=O) groups is 2. The molecule has 0 spiro atoms. The van der Waals surface area contributed by atoms with E-state index < -0.39 is 12.0 Å². The fourth-order valence-corrected chi connectivity index (χ4v) is 3.58. The fraction of sp³-hybridized carbons (Fsp3) is 0.222. The van der Waals surface area contributed by atoms with Crippen LogP contribution in [0.15, 0.2) is 36.9 Å². The predicted octanol–water partition coefficient (Wildman–Crippen LogP) is 4.14. The number of benzene rings is 1. The van der Waals surface area contributed by atoms with Crippen LogP contribution < -0.4 is 15.4 Å². The molecule has 2 heterocycles. The summed E-state index contributed by atoms with van der Waals surface area (Å²) in [5.74, 6) is -1.38. The first-order valence-corrected chi connectivity index (χ1v) is 10.3. The summed E-state index contributed by atoms with van der Waals surface area (Å²) in [6.07, 6.45) is 5.88. The van der Waals surface area contributed by atoms with Crippen LogP contribution in [0.1, 0.15) is 22.3 Å². The number of halogens is 2. The molecule has 0 unspecified atom stereocenters. The molecule has 12 heteroatoms. The number of rotatable bonds is 9. The first kappa shape index (κ1) is 21.9. The molecular formula is C18H17Cl2N5O4S. The van der Waals surface area contributed by atoms with Gasteiger partial charge in [0.15, 0.2) is 5.56 Å². The highest BCUT2D eigenvalue weighted by Crippen LogP contribution is 2.32. The number of hydrogen-bond acceptors (Lipinski definition) is 6. The number of amides is 2. The summed E-state index contributed by atoms with van der Waals surface area (Å²) in [5.41, 5.74) is 0.352. The van der Waals surface area contributed by atoms with Crippen molar-refractivity contribution in [3.63, 3.8) is 0 Å². The van der Waals surface area contributed by atoms with E-state index in [-0.39, 0.29) is 23.1 Å². The van der Waals surface area contributed by atoms with Crippen molar-refractivity contribution in [2.75, 3.05) is 11.9 Å². The Balaban J connectivity index is 1.57. The van der Waals surface area contributed by atoms with E-state index >= 15 is 0 Å². The third kappa shape index (κ3) is 5.62. The maximum Gasteiger partial charge on any atom is 0.344 e. The van der Waals surface area contributed by atoms with E-state index in [1.807, 2.05) is 10.8 Å². The minimum atomic E-state index is -1.27. The van der Waals surface area contributed by atoms with Gasteiger partial charge in [-0.05, 0) is 24.0 Å². The molecule has 3 rings (SSSR count). The zero-order valence-corrected chi connectivity index (χ0v) is 17.8. The average Bonchev–Trinajstić information content (AvgIpc) is 3.36. The second-order valence-electron chi connectivity index (χ2n) is 6.03. The summed E-state index contributed by atoms with van der Waals surface area (Å²) < 4.78 is 11.4. The molecule has 2 aromatic heterocycles. The van der Waals surface area contributed by atoms with E-state index in [9.17, 15) is 14.7 Å². The molecule has 0 fully saturated rings. The maximum atomic E-state index is 12.1. The molecule has 0 aliphatic carbocycles. The van der Waals surface area contributed by atoms with Gasteiger partial charge in [-0.2, -0.15) is 4.37 Å². The van der Waals surface area contributed by atoms with Gasteiger partial charge in [-0.1, -0.05) is 35.3 Å². The molecule has 0 aliphatic heterocycles. The number of carboxylic acid groups (broad SMARTS) is 1. The topological polar surface area (TPSA) is 118 Å². The molecule has 158 valence electrons. The van der Waals surface area contributed by atoms with Gasteiger partial charge in [0, 0.05) is 31.0 Å². The number of carboxylic acids is 1. The lowest BCUT2D eigenvalue weighted by Gasteiger charge is -2.09. The van der Waals surface area contributed by atoms with Crippen molar-refractivity contribution < 1.29 is 19.4 Å². The second kappa shape index (κ2) is 10.3. The van der Waals surface area contributed by atoms with Crippen LogP contribution in [0.2, 0.25) is 10.0 Å². The monoisotopic (exact) mass is 469 g/mol. The van der Waals surface area contributed by atoms with E-state index in [1.54, 1.807) is 30.7 Å². The van der Waals surface area contributed by atoms with Gasteiger partial charge in [-0.15, -0.1) is 0 Å². The van der Waals surface area contributed by atoms with Crippen LogP contribution >= 0.6 is 34.7 Å². The number of urea groups is 1. The second-order valence-corrected chi connectivity index (χ2v) is 7.59. The van der Waals surface area contributed by atoms with E-state index in [2.05, 4.69) is 20.0 Å². The zero-order chi connectivity index (χ0) is 21.5. The number of aromatic nitrogens is 3. The van der Waals surface area contributed by atoms with Crippen molar-refractivity contribution in [3.05, 3.63) is 58.1 Å². The Labute approximate surface area is 185 Å². The number of nitrogens with one attached hydrogen (secondary N) is 2. The van der Waals surface area contributed by atoms with E-state index in [1.165, 1.54) is 0 Å². The molecule has 0 bridgehead atoms. The van der Waals surface area contributed by atoms with Gasteiger partial charge < -0.3 is 19.7 Å². The van der Waals surface area contributed by atoms with Crippen molar-refractivity contribution in [3.8, 4) is 5.88 Å². The van der Waals surface area contributed by atoms with Gasteiger partial charge in [0.05, 0.1) is 16.4 Å². The van der Waals surface area contributed by atoms with Crippen molar-refractivity contribution in [2.45, 2.75) is 19.6 Å². The SMILES string of the molecule is O=C(NCCCn1ccnc1)Nc1snc(OCc2cccc(Cl)c2Cl)c1C(=O)O. The number of aromatic carboxylic acids is 1. The summed E-state index contributed by atoms with van der Waals surface area (Å²) in [7, 11) is 0. The summed E-state index contributed by atoms with van der Waals surface area (Å²) >= 11 is 12.9. The van der Waals surface area contributed by atoms with Gasteiger partial charge in [0.25, 0.3) is 0 Å². The number of aryl methyl sites for hydroxylation is 1. The number of ether oxygens (including phenoxy) is 1. The Kier molecular flexibility index (Phi) is 7.50. The number of carbonyl (C=O) groups excluding carboxylic acids is 1. The molecule has 9 nitrogen and oxygen atoms in total. The Morgan fingerprint density at radius 2 is 2.13 bits per heavy atom. The predicted molar refractivity (Wildman–Crippen MR) is 114 cm³/mol. The number of hydrogen-bond donors (Lipinski definition) is 3. The standard InChI is InChI=1S/C18H17Cl2N5O4S/c19-12-4-1-3-11(14(12)20)9-29-15-13(17(26)27)16(30-24-15)23-18(28)22-5-2-7-25-8-6-21-10-25/h1,3-4,6,8,10H,2,5,7,9H2,(H,26,27)(H2,22,23,28). The largest absolute Gasteiger partial charge is 0.477 e. The maximum absolute atomic E-state index is 12.1. The molecule has 0 aliphatic rings. The Hall–Kier alpha value is -2.82. The smallest absolute Gasteiger partial charge is 0.344 e. The number of nitrogens with zero attached hydrogens (tertiary/aromatic N) is 3. The molecule has 3 N–H and O–H groups in total. The third-order valence-corrected chi connectivity index (χ3v) is 5.54. The van der Waals surface area contributed by atoms with Gasteiger partial charge in [-0.25, -0.2) is 14.6 Å². The lowest BCUT2D eigenvalue weighted by molar-refractivity contribution is 0.0693. The molecular weight excluding hydrogens is 453 g/mol. The Bertz CT molecular complexity index is 1030. The minimum absolute atomic E-state index is 0.0245. The molecule has 30 heavy (non-hydrogen) atoms. The number of imidazole rings is 1. The molecule has 0 radical (unpaired) electrons. The van der Waals surface area contributed by atoms with Crippen molar-refractivity contribution in [1.82, 2.24) is 19.2 Å². The highest BCUT2D eigenvalue weighted by Gasteiger charge is 2.23. The van der Waals surface area contributed by atoms with Crippen LogP contribution in [0.25, 0.3) is 0 Å². The fourth-order valence-electron chi connectivity index (χ4n) is 2.48. The van der Waals surface area contributed by atoms with Crippen molar-refractivity contribution in [1.29, 1.82) is 0 Å². The minimum Gasteiger partial charge on any atom is -0.477 e. The summed E-state index contributed by atoms with van der Waals surface area (Å²) in [6, 6.07) is 4.51. The first-order chi connectivity index (χ1) is 14.5. The third-order valence-electron chi connectivity index (χ3n) is 3.94. The quantitative estimate of drug-likeness (QED) is 0.405. The van der Waals surface area contributed by atoms with Gasteiger partial charge in [0.1, 0.15) is 11.6 Å². The van der Waals surface area contributed by atoms with Crippen LogP contribution in [-0.4, -0.2) is 37.6 Å². The van der Waals surface area contributed by atoms with Crippen LogP contribution in [0, 0.1) is 0 Å².